The van der Waals surface area contributed by atoms with Crippen LogP contribution in [0.4, 0.5) is 0 Å². The summed E-state index contributed by atoms with van der Waals surface area (Å²) in [5, 5.41) is 8.94. The number of nitrogens with one attached hydrogen (secondary N) is 1. The monoisotopic (exact) mass is 325 g/mol. The number of ketones is 1. The summed E-state index contributed by atoms with van der Waals surface area (Å²) >= 11 is 0. The summed E-state index contributed by atoms with van der Waals surface area (Å²) in [5.74, 6) is -1.32. The molecule has 2 N–H and O–H groups in total. The zero-order chi connectivity index (χ0) is 16.3. The molecular weight excluding hydrogens is 306 g/mol. The number of aliphatic carboxylic acids is 1. The average Bonchev–Trinajstić information content (AvgIpc) is 2.47. The predicted molar refractivity (Wildman–Crippen MR) is 80.1 cm³/mol. The molecule has 22 heavy (non-hydrogen) atoms. The molecule has 1 saturated carbocycles. The van der Waals surface area contributed by atoms with E-state index in [1.807, 2.05) is 0 Å². The van der Waals surface area contributed by atoms with E-state index in [2.05, 4.69) is 4.72 Å². The Hall–Kier alpha value is -1.73. The van der Waals surface area contributed by atoms with Gasteiger partial charge in [-0.1, -0.05) is 12.1 Å². The number of sulfonamides is 1. The number of Topliss-reactive ketones (excluding diaryl/α,β-unsaturated/α-hetero) is 1. The highest BCUT2D eigenvalue weighted by Gasteiger charge is 2.28. The van der Waals surface area contributed by atoms with E-state index in [1.54, 1.807) is 0 Å². The third-order valence-electron chi connectivity index (χ3n) is 3.97. The largest absolute Gasteiger partial charge is 0.481 e. The van der Waals surface area contributed by atoms with E-state index in [4.69, 9.17) is 5.11 Å². The van der Waals surface area contributed by atoms with Crippen LogP contribution in [0.2, 0.25) is 0 Å². The van der Waals surface area contributed by atoms with Gasteiger partial charge in [-0.15, -0.1) is 0 Å². The molecule has 0 amide bonds. The van der Waals surface area contributed by atoms with E-state index in [9.17, 15) is 18.0 Å². The maximum atomic E-state index is 12.3. The number of carboxylic acid groups (broad SMARTS) is 1. The van der Waals surface area contributed by atoms with Crippen LogP contribution in [0, 0.1) is 5.92 Å². The van der Waals surface area contributed by atoms with Crippen molar-refractivity contribution in [1.82, 2.24) is 4.72 Å². The van der Waals surface area contributed by atoms with Crippen molar-refractivity contribution in [1.29, 1.82) is 0 Å². The van der Waals surface area contributed by atoms with Crippen LogP contribution in [0.1, 0.15) is 43.0 Å². The van der Waals surface area contributed by atoms with Crippen molar-refractivity contribution < 1.29 is 23.1 Å². The minimum atomic E-state index is -3.65. The summed E-state index contributed by atoms with van der Waals surface area (Å²) in [6, 6.07) is 5.54. The molecule has 0 saturated heterocycles. The molecule has 1 aliphatic rings. The molecule has 6 nitrogen and oxygen atoms in total. The number of hydrogen-bond donors (Lipinski definition) is 2. The van der Waals surface area contributed by atoms with Crippen LogP contribution >= 0.6 is 0 Å². The maximum Gasteiger partial charge on any atom is 0.306 e. The molecule has 1 aromatic rings. The Morgan fingerprint density at radius 3 is 2.09 bits per heavy atom. The van der Waals surface area contributed by atoms with Gasteiger partial charge in [0, 0.05) is 11.6 Å². The minimum absolute atomic E-state index is 0.109. The van der Waals surface area contributed by atoms with E-state index >= 15 is 0 Å². The Morgan fingerprint density at radius 2 is 1.64 bits per heavy atom. The molecule has 0 spiro atoms. The SMILES string of the molecule is CC(=O)c1ccc(S(=O)(=O)N[C@H]2CC[C@H](C(=O)O)CC2)cc1. The molecule has 0 atom stereocenters. The van der Waals surface area contributed by atoms with Gasteiger partial charge in [0.2, 0.25) is 10.0 Å². The molecule has 2 rings (SSSR count). The van der Waals surface area contributed by atoms with Gasteiger partial charge in [-0.3, -0.25) is 9.59 Å². The van der Waals surface area contributed by atoms with Crippen LogP contribution < -0.4 is 4.72 Å². The molecular formula is C15H19NO5S. The number of carboxylic acids is 1. The van der Waals surface area contributed by atoms with Gasteiger partial charge in [0.05, 0.1) is 10.8 Å². The Kier molecular flexibility index (Phi) is 4.97. The Bertz CT molecular complexity index is 658. The zero-order valence-corrected chi connectivity index (χ0v) is 13.1. The highest BCUT2D eigenvalue weighted by Crippen LogP contribution is 2.25. The highest BCUT2D eigenvalue weighted by atomic mass is 32.2. The first-order valence-electron chi connectivity index (χ1n) is 7.16. The van der Waals surface area contributed by atoms with E-state index in [1.165, 1.54) is 31.2 Å². The first-order chi connectivity index (χ1) is 10.3. The molecule has 1 fully saturated rings. The fraction of sp³-hybridized carbons (Fsp3) is 0.467. The second-order valence-corrected chi connectivity index (χ2v) is 7.30. The van der Waals surface area contributed by atoms with Gasteiger partial charge in [-0.05, 0) is 44.7 Å². The van der Waals surface area contributed by atoms with Gasteiger partial charge in [0.25, 0.3) is 0 Å². The second-order valence-electron chi connectivity index (χ2n) is 5.59. The second kappa shape index (κ2) is 6.58. The molecule has 7 heteroatoms. The molecule has 0 heterocycles. The highest BCUT2D eigenvalue weighted by molar-refractivity contribution is 7.89. The van der Waals surface area contributed by atoms with Gasteiger partial charge in [0.1, 0.15) is 0 Å². The summed E-state index contributed by atoms with van der Waals surface area (Å²) in [5.41, 5.74) is 0.459. The van der Waals surface area contributed by atoms with Gasteiger partial charge in [-0.25, -0.2) is 13.1 Å². The Morgan fingerprint density at radius 1 is 1.09 bits per heavy atom. The topological polar surface area (TPSA) is 101 Å². The van der Waals surface area contributed by atoms with Crippen LogP contribution in [0.5, 0.6) is 0 Å². The lowest BCUT2D eigenvalue weighted by Gasteiger charge is -2.26. The first kappa shape index (κ1) is 16.6. The van der Waals surface area contributed by atoms with Gasteiger partial charge < -0.3 is 5.11 Å². The van der Waals surface area contributed by atoms with E-state index in [0.717, 1.165) is 0 Å². The van der Waals surface area contributed by atoms with Crippen LogP contribution in [-0.4, -0.2) is 31.3 Å². The van der Waals surface area contributed by atoms with Crippen LogP contribution in [0.3, 0.4) is 0 Å². The molecule has 0 aliphatic heterocycles. The normalized spacial score (nSPS) is 22.2. The minimum Gasteiger partial charge on any atom is -0.481 e. The van der Waals surface area contributed by atoms with Crippen LogP contribution in [-0.2, 0) is 14.8 Å². The van der Waals surface area contributed by atoms with E-state index in [-0.39, 0.29) is 22.6 Å². The zero-order valence-electron chi connectivity index (χ0n) is 12.3. The van der Waals surface area contributed by atoms with Crippen molar-refractivity contribution >= 4 is 21.8 Å². The molecule has 0 aromatic heterocycles. The molecule has 0 radical (unpaired) electrons. The fourth-order valence-electron chi connectivity index (χ4n) is 2.61. The summed E-state index contributed by atoms with van der Waals surface area (Å²) in [6.07, 6.45) is 1.99. The number of carbonyl (C=O) groups is 2. The first-order valence-corrected chi connectivity index (χ1v) is 8.64. The molecule has 0 bridgehead atoms. The standard InChI is InChI=1S/C15H19NO5S/c1-10(17)11-4-8-14(9-5-11)22(20,21)16-13-6-2-12(3-7-13)15(18)19/h4-5,8-9,12-13,16H,2-3,6-7H2,1H3,(H,18,19)/t12-,13-. The molecule has 1 aliphatic carbocycles. The fourth-order valence-corrected chi connectivity index (χ4v) is 3.92. The maximum absolute atomic E-state index is 12.3. The Balaban J connectivity index is 2.02. The third kappa shape index (κ3) is 3.92. The van der Waals surface area contributed by atoms with Crippen molar-refractivity contribution in [2.45, 2.75) is 43.5 Å². The van der Waals surface area contributed by atoms with E-state index < -0.39 is 16.0 Å². The summed E-state index contributed by atoms with van der Waals surface area (Å²) < 4.78 is 27.2. The van der Waals surface area contributed by atoms with Crippen molar-refractivity contribution in [3.05, 3.63) is 29.8 Å². The number of benzene rings is 1. The third-order valence-corrected chi connectivity index (χ3v) is 5.51. The number of rotatable bonds is 5. The predicted octanol–water partition coefficient (Wildman–Crippen LogP) is 1.81. The van der Waals surface area contributed by atoms with Crippen LogP contribution in [0.15, 0.2) is 29.2 Å². The number of hydrogen-bond acceptors (Lipinski definition) is 4. The lowest BCUT2D eigenvalue weighted by Crippen LogP contribution is -2.38. The molecule has 0 unspecified atom stereocenters. The molecule has 1 aromatic carbocycles. The van der Waals surface area contributed by atoms with Crippen molar-refractivity contribution in [3.63, 3.8) is 0 Å². The smallest absolute Gasteiger partial charge is 0.306 e. The average molecular weight is 325 g/mol. The van der Waals surface area contributed by atoms with Crippen LogP contribution in [0.25, 0.3) is 0 Å². The van der Waals surface area contributed by atoms with Gasteiger partial charge in [0.15, 0.2) is 5.78 Å². The molecule has 120 valence electrons. The van der Waals surface area contributed by atoms with Gasteiger partial charge in [-0.2, -0.15) is 0 Å². The number of carbonyl (C=O) groups excluding carboxylic acids is 1. The summed E-state index contributed by atoms with van der Waals surface area (Å²) in [4.78, 5) is 22.2. The Labute approximate surface area is 129 Å². The van der Waals surface area contributed by atoms with Gasteiger partial charge >= 0.3 is 5.97 Å². The van der Waals surface area contributed by atoms with Crippen molar-refractivity contribution in [3.8, 4) is 0 Å². The lowest BCUT2D eigenvalue weighted by atomic mass is 9.87. The van der Waals surface area contributed by atoms with E-state index in [0.29, 0.717) is 31.2 Å². The summed E-state index contributed by atoms with van der Waals surface area (Å²) in [6.45, 7) is 1.42. The van der Waals surface area contributed by atoms with Crippen molar-refractivity contribution in [2.24, 2.45) is 5.92 Å². The summed E-state index contributed by atoms with van der Waals surface area (Å²) in [7, 11) is -3.65. The quantitative estimate of drug-likeness (QED) is 0.804. The lowest BCUT2D eigenvalue weighted by molar-refractivity contribution is -0.142. The van der Waals surface area contributed by atoms with Crippen molar-refractivity contribution in [2.75, 3.05) is 0 Å².